The molecule has 122 valence electrons. The number of ether oxygens (including phenoxy) is 1. The van der Waals surface area contributed by atoms with Gasteiger partial charge in [-0.25, -0.2) is 9.78 Å². The lowest BCUT2D eigenvalue weighted by molar-refractivity contribution is 0.0943. The van der Waals surface area contributed by atoms with Crippen LogP contribution in [0.25, 0.3) is 0 Å². The zero-order valence-corrected chi connectivity index (χ0v) is 15.1. The highest BCUT2D eigenvalue weighted by atomic mass is 79.9. The van der Waals surface area contributed by atoms with Crippen molar-refractivity contribution >= 4 is 27.8 Å². The fraction of sp³-hybridized carbons (Fsp3) is 0.625. The van der Waals surface area contributed by atoms with Crippen molar-refractivity contribution < 1.29 is 9.53 Å². The number of nitrogens with zero attached hydrogens (tertiary/aromatic N) is 3. The smallest absolute Gasteiger partial charge is 0.409 e. The Morgan fingerprint density at radius 2 is 2.14 bits per heavy atom. The van der Waals surface area contributed by atoms with Crippen molar-refractivity contribution in [2.75, 3.05) is 37.7 Å². The van der Waals surface area contributed by atoms with E-state index in [0.717, 1.165) is 36.3 Å². The van der Waals surface area contributed by atoms with Crippen molar-refractivity contribution in [2.45, 2.75) is 27.2 Å². The highest BCUT2D eigenvalue weighted by molar-refractivity contribution is 9.10. The lowest BCUT2D eigenvalue weighted by atomic mass is 10.2. The molecule has 1 amide bonds. The Hall–Kier alpha value is -1.30. The Labute approximate surface area is 140 Å². The van der Waals surface area contributed by atoms with Gasteiger partial charge in [-0.05, 0) is 46.8 Å². The lowest BCUT2D eigenvalue weighted by Gasteiger charge is -2.23. The molecule has 1 aromatic rings. The minimum Gasteiger partial charge on any atom is -0.449 e. The second kappa shape index (κ2) is 7.81. The van der Waals surface area contributed by atoms with E-state index in [1.54, 1.807) is 4.90 Å². The summed E-state index contributed by atoms with van der Waals surface area (Å²) in [6, 6.07) is 2.08. The van der Waals surface area contributed by atoms with Gasteiger partial charge in [-0.2, -0.15) is 0 Å². The van der Waals surface area contributed by atoms with Gasteiger partial charge in [0.05, 0.1) is 6.61 Å². The van der Waals surface area contributed by atoms with Crippen molar-refractivity contribution in [3.05, 3.63) is 22.3 Å². The molecule has 0 unspecified atom stereocenters. The molecule has 5 nitrogen and oxygen atoms in total. The van der Waals surface area contributed by atoms with Gasteiger partial charge in [0.25, 0.3) is 0 Å². The van der Waals surface area contributed by atoms with Crippen molar-refractivity contribution in [3.8, 4) is 0 Å². The Kier molecular flexibility index (Phi) is 6.06. The first kappa shape index (κ1) is 17.1. The quantitative estimate of drug-likeness (QED) is 0.818. The number of pyridine rings is 1. The summed E-state index contributed by atoms with van der Waals surface area (Å²) in [5.74, 6) is 1.33. The van der Waals surface area contributed by atoms with Gasteiger partial charge in [-0.1, -0.05) is 13.8 Å². The number of carbonyl (C=O) groups excluding carboxylic acids is 1. The van der Waals surface area contributed by atoms with Crippen LogP contribution in [0.1, 0.15) is 25.8 Å². The summed E-state index contributed by atoms with van der Waals surface area (Å²) in [6.45, 7) is 9.72. The number of rotatable bonds is 3. The molecule has 0 atom stereocenters. The summed E-state index contributed by atoms with van der Waals surface area (Å²) in [5.41, 5.74) is 1.17. The molecule has 2 rings (SSSR count). The highest BCUT2D eigenvalue weighted by Gasteiger charge is 2.21. The molecule has 1 fully saturated rings. The van der Waals surface area contributed by atoms with Gasteiger partial charge in [0.2, 0.25) is 0 Å². The molecule has 1 saturated heterocycles. The number of carbonyl (C=O) groups is 1. The fourth-order valence-electron chi connectivity index (χ4n) is 2.36. The van der Waals surface area contributed by atoms with E-state index in [-0.39, 0.29) is 6.09 Å². The third-order valence-electron chi connectivity index (χ3n) is 3.65. The highest BCUT2D eigenvalue weighted by Crippen LogP contribution is 2.21. The second-order valence-electron chi connectivity index (χ2n) is 6.09. The minimum atomic E-state index is -0.199. The predicted octanol–water partition coefficient (Wildman–Crippen LogP) is 3.46. The summed E-state index contributed by atoms with van der Waals surface area (Å²) >= 11 is 3.48. The van der Waals surface area contributed by atoms with Crippen molar-refractivity contribution in [1.82, 2.24) is 9.88 Å². The summed E-state index contributed by atoms with van der Waals surface area (Å²) in [4.78, 5) is 20.6. The maximum Gasteiger partial charge on any atom is 0.409 e. The first-order chi connectivity index (χ1) is 10.5. The van der Waals surface area contributed by atoms with Gasteiger partial charge < -0.3 is 14.5 Å². The zero-order valence-electron chi connectivity index (χ0n) is 13.5. The van der Waals surface area contributed by atoms with Crippen LogP contribution in [0.15, 0.2) is 16.7 Å². The van der Waals surface area contributed by atoms with Gasteiger partial charge in [0, 0.05) is 36.8 Å². The molecule has 1 aliphatic heterocycles. The number of aryl methyl sites for hydroxylation is 1. The number of hydrogen-bond acceptors (Lipinski definition) is 4. The van der Waals surface area contributed by atoms with E-state index >= 15 is 0 Å². The molecule has 0 radical (unpaired) electrons. The molecular formula is C16H24BrN3O2. The van der Waals surface area contributed by atoms with Crippen LogP contribution in [0, 0.1) is 12.8 Å². The second-order valence-corrected chi connectivity index (χ2v) is 6.94. The van der Waals surface area contributed by atoms with Crippen LogP contribution in [-0.2, 0) is 4.74 Å². The molecule has 0 spiro atoms. The zero-order chi connectivity index (χ0) is 16.1. The molecule has 0 aliphatic carbocycles. The van der Waals surface area contributed by atoms with Crippen molar-refractivity contribution in [1.29, 1.82) is 0 Å². The summed E-state index contributed by atoms with van der Waals surface area (Å²) in [7, 11) is 0. The molecule has 1 aromatic heterocycles. The summed E-state index contributed by atoms with van der Waals surface area (Å²) in [6.07, 6.45) is 2.56. The molecule has 22 heavy (non-hydrogen) atoms. The SMILES string of the molecule is Cc1cc(N2CCCN(C(=O)OCC(C)C)CC2)ncc1Br. The number of amides is 1. The third-order valence-corrected chi connectivity index (χ3v) is 4.48. The largest absolute Gasteiger partial charge is 0.449 e. The molecule has 2 heterocycles. The van der Waals surface area contributed by atoms with Crippen LogP contribution in [0.4, 0.5) is 10.6 Å². The fourth-order valence-corrected chi connectivity index (χ4v) is 2.57. The monoisotopic (exact) mass is 369 g/mol. The van der Waals surface area contributed by atoms with E-state index in [2.05, 4.69) is 38.8 Å². The first-order valence-electron chi connectivity index (χ1n) is 7.76. The predicted molar refractivity (Wildman–Crippen MR) is 91.3 cm³/mol. The number of halogens is 1. The molecule has 1 aliphatic rings. The average Bonchev–Trinajstić information content (AvgIpc) is 2.73. The Balaban J connectivity index is 1.94. The van der Waals surface area contributed by atoms with Gasteiger partial charge in [-0.3, -0.25) is 0 Å². The van der Waals surface area contributed by atoms with E-state index in [1.807, 2.05) is 20.0 Å². The van der Waals surface area contributed by atoms with Crippen molar-refractivity contribution in [2.24, 2.45) is 5.92 Å². The maximum absolute atomic E-state index is 12.1. The van der Waals surface area contributed by atoms with E-state index < -0.39 is 0 Å². The Morgan fingerprint density at radius 3 is 2.82 bits per heavy atom. The van der Waals surface area contributed by atoms with Crippen LogP contribution in [0.5, 0.6) is 0 Å². The van der Waals surface area contributed by atoms with Gasteiger partial charge in [0.1, 0.15) is 5.82 Å². The molecule has 0 bridgehead atoms. The van der Waals surface area contributed by atoms with Crippen molar-refractivity contribution in [3.63, 3.8) is 0 Å². The molecular weight excluding hydrogens is 346 g/mol. The van der Waals surface area contributed by atoms with Crippen LogP contribution in [0.3, 0.4) is 0 Å². The molecule has 0 aromatic carbocycles. The normalized spacial score (nSPS) is 15.9. The molecule has 6 heteroatoms. The minimum absolute atomic E-state index is 0.199. The van der Waals surface area contributed by atoms with E-state index in [0.29, 0.717) is 19.1 Å². The topological polar surface area (TPSA) is 45.7 Å². The maximum atomic E-state index is 12.1. The van der Waals surface area contributed by atoms with E-state index in [4.69, 9.17) is 4.74 Å². The third kappa shape index (κ3) is 4.60. The van der Waals surface area contributed by atoms with Gasteiger partial charge in [0.15, 0.2) is 0 Å². The van der Waals surface area contributed by atoms with Crippen LogP contribution >= 0.6 is 15.9 Å². The summed E-state index contributed by atoms with van der Waals surface area (Å²) in [5, 5.41) is 0. The Morgan fingerprint density at radius 1 is 1.36 bits per heavy atom. The number of hydrogen-bond donors (Lipinski definition) is 0. The lowest BCUT2D eigenvalue weighted by Crippen LogP contribution is -2.36. The summed E-state index contributed by atoms with van der Waals surface area (Å²) < 4.78 is 6.34. The van der Waals surface area contributed by atoms with Gasteiger partial charge in [-0.15, -0.1) is 0 Å². The number of aromatic nitrogens is 1. The van der Waals surface area contributed by atoms with Crippen LogP contribution < -0.4 is 4.90 Å². The first-order valence-corrected chi connectivity index (χ1v) is 8.55. The molecule has 0 saturated carbocycles. The average molecular weight is 370 g/mol. The number of anilines is 1. The standard InChI is InChI=1S/C16H24BrN3O2/c1-12(2)11-22-16(21)20-6-4-5-19(7-8-20)15-9-13(3)14(17)10-18-15/h9-10,12H,4-8,11H2,1-3H3. The van der Waals surface area contributed by atoms with E-state index in [9.17, 15) is 4.79 Å². The molecule has 0 N–H and O–H groups in total. The van der Waals surface area contributed by atoms with Gasteiger partial charge >= 0.3 is 6.09 Å². The van der Waals surface area contributed by atoms with Crippen LogP contribution in [0.2, 0.25) is 0 Å². The Bertz CT molecular complexity index is 522. The van der Waals surface area contributed by atoms with E-state index in [1.165, 1.54) is 5.56 Å². The van der Waals surface area contributed by atoms with Crippen LogP contribution in [-0.4, -0.2) is 48.8 Å².